The number of rotatable bonds is 9. The maximum absolute atomic E-state index is 13.8. The van der Waals surface area contributed by atoms with Gasteiger partial charge in [0.1, 0.15) is 5.82 Å². The Morgan fingerprint density at radius 3 is 2.48 bits per heavy atom. The fourth-order valence-corrected chi connectivity index (χ4v) is 6.40. The van der Waals surface area contributed by atoms with Crippen LogP contribution in [0.4, 0.5) is 11.4 Å². The molecule has 6 rings (SSSR count). The van der Waals surface area contributed by atoms with Gasteiger partial charge in [-0.2, -0.15) is 0 Å². The molecule has 3 aromatic rings. The molecule has 2 aromatic carbocycles. The first-order valence-corrected chi connectivity index (χ1v) is 15.9. The standard InChI is InChI=1S/C30H35N7O4S/c1-18-9-10-20(13-22(18)30(17-32-36-35-30)25-16-31-27(37(25)3)19-7-6-8-19)28(38)33-23-14-21(29(2)11-12-29)15-24(26(23)41-4)34-42(5,39)40/h9-10,13-17,19,34H,6-8,11-12H2,1-5H3,(H,33,38). The van der Waals surface area contributed by atoms with E-state index in [1.165, 1.54) is 13.5 Å². The number of hydrogen-bond acceptors (Lipinski definition) is 8. The molecule has 220 valence electrons. The van der Waals surface area contributed by atoms with E-state index in [0.29, 0.717) is 17.2 Å². The summed E-state index contributed by atoms with van der Waals surface area (Å²) >= 11 is 0. The molecule has 1 aliphatic heterocycles. The lowest BCUT2D eigenvalue weighted by atomic mass is 9.83. The van der Waals surface area contributed by atoms with Crippen LogP contribution in [0.1, 0.15) is 83.5 Å². The number of sulfonamides is 1. The molecule has 1 aromatic heterocycles. The predicted octanol–water partition coefficient (Wildman–Crippen LogP) is 5.38. The van der Waals surface area contributed by atoms with Crippen molar-refractivity contribution in [3.63, 3.8) is 0 Å². The van der Waals surface area contributed by atoms with E-state index in [4.69, 9.17) is 9.72 Å². The fraction of sp³-hybridized carbons (Fsp3) is 0.433. The number of aromatic nitrogens is 2. The highest BCUT2D eigenvalue weighted by Gasteiger charge is 2.42. The van der Waals surface area contributed by atoms with Gasteiger partial charge in [-0.15, -0.1) is 10.2 Å². The molecule has 2 N–H and O–H groups in total. The zero-order chi connectivity index (χ0) is 29.9. The summed E-state index contributed by atoms with van der Waals surface area (Å²) in [7, 11) is -0.151. The van der Waals surface area contributed by atoms with Gasteiger partial charge in [0, 0.05) is 18.5 Å². The quantitative estimate of drug-likeness (QED) is 0.345. The van der Waals surface area contributed by atoms with Gasteiger partial charge in [0.25, 0.3) is 5.91 Å². The zero-order valence-electron chi connectivity index (χ0n) is 24.4. The molecular formula is C30H35N7O4S. The summed E-state index contributed by atoms with van der Waals surface area (Å²) in [6.45, 7) is 4.08. The molecule has 0 saturated heterocycles. The zero-order valence-corrected chi connectivity index (χ0v) is 25.2. The van der Waals surface area contributed by atoms with Gasteiger partial charge < -0.3 is 14.6 Å². The molecule has 2 saturated carbocycles. The SMILES string of the molecule is COc1c(NC(=O)c2ccc(C)c(C3(c4cnc(C5CCC5)n4C)C=NN=N3)c2)cc(C2(C)CC2)cc1NS(C)(=O)=O. The summed E-state index contributed by atoms with van der Waals surface area (Å²) in [6.07, 6.45) is 10.0. The van der Waals surface area contributed by atoms with Crippen LogP contribution in [0.3, 0.4) is 0 Å². The van der Waals surface area contributed by atoms with Gasteiger partial charge in [-0.05, 0) is 84.2 Å². The summed E-state index contributed by atoms with van der Waals surface area (Å²) < 4.78 is 34.5. The van der Waals surface area contributed by atoms with Crippen LogP contribution < -0.4 is 14.8 Å². The Kier molecular flexibility index (Phi) is 6.71. The number of amides is 1. The molecule has 42 heavy (non-hydrogen) atoms. The van der Waals surface area contributed by atoms with E-state index in [2.05, 4.69) is 37.0 Å². The number of nitrogens with zero attached hydrogens (tertiary/aromatic N) is 5. The number of benzene rings is 2. The van der Waals surface area contributed by atoms with Crippen LogP contribution in [0.2, 0.25) is 0 Å². The first-order chi connectivity index (χ1) is 19.9. The highest BCUT2D eigenvalue weighted by atomic mass is 32.2. The predicted molar refractivity (Wildman–Crippen MR) is 161 cm³/mol. The average Bonchev–Trinajstić information content (AvgIpc) is 3.28. The van der Waals surface area contributed by atoms with Crippen LogP contribution >= 0.6 is 0 Å². The summed E-state index contributed by atoms with van der Waals surface area (Å²) in [6, 6.07) is 9.09. The normalized spacial score (nSPS) is 20.8. The molecule has 1 atom stereocenters. The number of carbonyl (C=O) groups excluding carboxylic acids is 1. The first kappa shape index (κ1) is 28.1. The van der Waals surface area contributed by atoms with E-state index in [1.807, 2.05) is 38.4 Å². The monoisotopic (exact) mass is 589 g/mol. The maximum Gasteiger partial charge on any atom is 0.255 e. The van der Waals surface area contributed by atoms with E-state index in [9.17, 15) is 13.2 Å². The molecule has 3 aliphatic rings. The molecule has 1 amide bonds. The highest BCUT2D eigenvalue weighted by molar-refractivity contribution is 7.92. The smallest absolute Gasteiger partial charge is 0.255 e. The van der Waals surface area contributed by atoms with Crippen LogP contribution in [0.25, 0.3) is 0 Å². The summed E-state index contributed by atoms with van der Waals surface area (Å²) in [4.78, 5) is 18.5. The Bertz CT molecular complexity index is 1740. The summed E-state index contributed by atoms with van der Waals surface area (Å²) in [5.41, 5.74) is 3.41. The van der Waals surface area contributed by atoms with Crippen molar-refractivity contribution in [2.45, 2.75) is 62.8 Å². The van der Waals surface area contributed by atoms with Crippen molar-refractivity contribution in [2.75, 3.05) is 23.4 Å². The van der Waals surface area contributed by atoms with Gasteiger partial charge in [0.05, 0.1) is 42.8 Å². The van der Waals surface area contributed by atoms with Crippen LogP contribution in [-0.2, 0) is 28.0 Å². The minimum Gasteiger partial charge on any atom is -0.492 e. The number of aryl methyl sites for hydroxylation is 1. The second-order valence-corrected chi connectivity index (χ2v) is 13.7. The van der Waals surface area contributed by atoms with Crippen molar-refractivity contribution in [1.29, 1.82) is 0 Å². The minimum atomic E-state index is -3.59. The molecule has 1 unspecified atom stereocenters. The number of nitrogens with one attached hydrogen (secondary N) is 2. The second-order valence-electron chi connectivity index (χ2n) is 11.9. The molecular weight excluding hydrogens is 554 g/mol. The van der Waals surface area contributed by atoms with Crippen molar-refractivity contribution in [1.82, 2.24) is 9.55 Å². The van der Waals surface area contributed by atoms with E-state index in [0.717, 1.165) is 60.1 Å². The molecule has 2 aliphatic carbocycles. The van der Waals surface area contributed by atoms with E-state index in [-0.39, 0.29) is 22.8 Å². The Hall–Kier alpha value is -4.06. The van der Waals surface area contributed by atoms with Crippen LogP contribution in [0.15, 0.2) is 52.0 Å². The van der Waals surface area contributed by atoms with Gasteiger partial charge in [-0.1, -0.05) is 19.4 Å². The number of ether oxygens (including phenoxy) is 1. The van der Waals surface area contributed by atoms with Crippen molar-refractivity contribution in [3.05, 3.63) is 70.3 Å². The third-order valence-electron chi connectivity index (χ3n) is 8.83. The van der Waals surface area contributed by atoms with E-state index < -0.39 is 15.6 Å². The van der Waals surface area contributed by atoms with Crippen LogP contribution in [-0.4, -0.2) is 43.5 Å². The van der Waals surface area contributed by atoms with Gasteiger partial charge in [0.2, 0.25) is 10.0 Å². The van der Waals surface area contributed by atoms with Crippen molar-refractivity contribution in [2.24, 2.45) is 22.5 Å². The third-order valence-corrected chi connectivity index (χ3v) is 9.42. The highest BCUT2D eigenvalue weighted by Crippen LogP contribution is 2.51. The van der Waals surface area contributed by atoms with Crippen LogP contribution in [0, 0.1) is 6.92 Å². The Labute approximate surface area is 245 Å². The molecule has 11 nitrogen and oxygen atoms in total. The number of methoxy groups -OCH3 is 1. The maximum atomic E-state index is 13.8. The van der Waals surface area contributed by atoms with Crippen molar-refractivity contribution >= 4 is 33.5 Å². The Morgan fingerprint density at radius 2 is 1.88 bits per heavy atom. The molecule has 2 fully saturated rings. The van der Waals surface area contributed by atoms with Crippen LogP contribution in [0.5, 0.6) is 5.75 Å². The molecule has 0 spiro atoms. The number of carbonyl (C=O) groups is 1. The topological polar surface area (TPSA) is 139 Å². The first-order valence-electron chi connectivity index (χ1n) is 14.1. The Balaban J connectivity index is 1.38. The van der Waals surface area contributed by atoms with Crippen molar-refractivity contribution < 1.29 is 17.9 Å². The van der Waals surface area contributed by atoms with Gasteiger partial charge >= 0.3 is 0 Å². The molecule has 2 heterocycles. The molecule has 0 radical (unpaired) electrons. The minimum absolute atomic E-state index is 0.0860. The third kappa shape index (κ3) is 4.87. The molecule has 0 bridgehead atoms. The second kappa shape index (κ2) is 10.0. The van der Waals surface area contributed by atoms with Gasteiger partial charge in [-0.3, -0.25) is 9.52 Å². The fourth-order valence-electron chi connectivity index (χ4n) is 5.84. The summed E-state index contributed by atoms with van der Waals surface area (Å²) in [5, 5.41) is 15.7. The lowest BCUT2D eigenvalue weighted by Crippen LogP contribution is -2.30. The van der Waals surface area contributed by atoms with Gasteiger partial charge in [-0.25, -0.2) is 13.4 Å². The average molecular weight is 590 g/mol. The largest absolute Gasteiger partial charge is 0.492 e. The summed E-state index contributed by atoms with van der Waals surface area (Å²) in [5.74, 6) is 1.31. The van der Waals surface area contributed by atoms with E-state index >= 15 is 0 Å². The van der Waals surface area contributed by atoms with E-state index in [1.54, 1.807) is 18.3 Å². The number of hydrogen-bond donors (Lipinski definition) is 2. The number of anilines is 2. The van der Waals surface area contributed by atoms with Gasteiger partial charge in [0.15, 0.2) is 11.3 Å². The lowest BCUT2D eigenvalue weighted by Gasteiger charge is -2.28. The number of imidazole rings is 1. The Morgan fingerprint density at radius 1 is 1.14 bits per heavy atom. The lowest BCUT2D eigenvalue weighted by molar-refractivity contribution is 0.102. The van der Waals surface area contributed by atoms with Crippen molar-refractivity contribution in [3.8, 4) is 5.75 Å². The molecule has 12 heteroatoms.